The number of amides is 2. The van der Waals surface area contributed by atoms with Crippen molar-refractivity contribution in [2.45, 2.75) is 26.7 Å². The Hall–Kier alpha value is -2.45. The number of aryl methyl sites for hydroxylation is 1. The molecule has 1 aliphatic rings. The van der Waals surface area contributed by atoms with E-state index in [2.05, 4.69) is 10.3 Å². The monoisotopic (exact) mass is 435 g/mol. The third-order valence-electron chi connectivity index (χ3n) is 4.74. The van der Waals surface area contributed by atoms with E-state index in [9.17, 15) is 14.4 Å². The topological polar surface area (TPSA) is 88.6 Å². The van der Waals surface area contributed by atoms with Crippen LogP contribution in [0.25, 0.3) is 0 Å². The van der Waals surface area contributed by atoms with Gasteiger partial charge in [0.05, 0.1) is 22.9 Å². The molecule has 1 aliphatic heterocycles. The minimum absolute atomic E-state index is 0.121. The Morgan fingerprint density at radius 3 is 2.62 bits per heavy atom. The van der Waals surface area contributed by atoms with Crippen molar-refractivity contribution in [3.8, 4) is 0 Å². The average molecular weight is 436 g/mol. The maximum absolute atomic E-state index is 12.6. The lowest BCUT2D eigenvalue weighted by atomic mass is 9.95. The first-order valence-electron chi connectivity index (χ1n) is 9.40. The van der Waals surface area contributed by atoms with E-state index in [0.29, 0.717) is 52.2 Å². The van der Waals surface area contributed by atoms with Gasteiger partial charge in [0, 0.05) is 19.0 Å². The second-order valence-electron chi connectivity index (χ2n) is 6.69. The van der Waals surface area contributed by atoms with Crippen LogP contribution in [0.3, 0.4) is 0 Å². The molecule has 3 rings (SSSR count). The zero-order valence-electron chi connectivity index (χ0n) is 16.2. The number of aromatic nitrogens is 1. The number of esters is 1. The lowest BCUT2D eigenvalue weighted by molar-refractivity contribution is -0.121. The number of rotatable bonds is 5. The van der Waals surface area contributed by atoms with Gasteiger partial charge in [-0.1, -0.05) is 35.1 Å². The fourth-order valence-corrected chi connectivity index (χ4v) is 4.27. The van der Waals surface area contributed by atoms with Crippen molar-refractivity contribution in [2.75, 3.05) is 25.0 Å². The van der Waals surface area contributed by atoms with Gasteiger partial charge in [0.1, 0.15) is 4.88 Å². The van der Waals surface area contributed by atoms with E-state index in [1.807, 2.05) is 0 Å². The number of hydrogen-bond acceptors (Lipinski definition) is 6. The Kier molecular flexibility index (Phi) is 6.87. The molecule has 7 nitrogen and oxygen atoms in total. The van der Waals surface area contributed by atoms with Gasteiger partial charge in [-0.05, 0) is 38.8 Å². The second-order valence-corrected chi connectivity index (χ2v) is 8.10. The molecule has 0 aliphatic carbocycles. The van der Waals surface area contributed by atoms with Gasteiger partial charge in [0.2, 0.25) is 5.91 Å². The number of thiazole rings is 1. The van der Waals surface area contributed by atoms with Gasteiger partial charge in [-0.2, -0.15) is 0 Å². The van der Waals surface area contributed by atoms with E-state index in [1.165, 1.54) is 0 Å². The Labute approximate surface area is 178 Å². The zero-order valence-corrected chi connectivity index (χ0v) is 17.8. The van der Waals surface area contributed by atoms with Gasteiger partial charge in [-0.15, -0.1) is 0 Å². The quantitative estimate of drug-likeness (QED) is 0.722. The summed E-state index contributed by atoms with van der Waals surface area (Å²) in [6.45, 7) is 4.68. The zero-order chi connectivity index (χ0) is 21.0. The molecule has 0 spiro atoms. The first kappa shape index (κ1) is 21.3. The van der Waals surface area contributed by atoms with Gasteiger partial charge in [0.15, 0.2) is 5.13 Å². The van der Waals surface area contributed by atoms with Gasteiger partial charge in [-0.25, -0.2) is 9.78 Å². The smallest absolute Gasteiger partial charge is 0.350 e. The number of halogens is 1. The molecule has 1 N–H and O–H groups in total. The van der Waals surface area contributed by atoms with Crippen LogP contribution in [0, 0.1) is 12.8 Å². The SMILES string of the molecule is CCOC(=O)c1sc(NC(=O)C2CCN(C(=O)c3ccccc3Cl)CC2)nc1C. The average Bonchev–Trinajstić information content (AvgIpc) is 3.08. The highest BCUT2D eigenvalue weighted by Crippen LogP contribution is 2.26. The first-order chi connectivity index (χ1) is 13.9. The normalized spacial score (nSPS) is 14.5. The molecule has 2 aromatic rings. The van der Waals surface area contributed by atoms with E-state index in [0.717, 1.165) is 11.3 Å². The molecule has 2 heterocycles. The molecule has 1 fully saturated rings. The highest BCUT2D eigenvalue weighted by atomic mass is 35.5. The molecule has 0 bridgehead atoms. The van der Waals surface area contributed by atoms with Crippen LogP contribution in [0.1, 0.15) is 45.5 Å². The summed E-state index contributed by atoms with van der Waals surface area (Å²) in [5.74, 6) is -0.932. The molecule has 1 saturated heterocycles. The number of carbonyl (C=O) groups excluding carboxylic acids is 3. The number of ether oxygens (including phenoxy) is 1. The van der Waals surface area contributed by atoms with Crippen molar-refractivity contribution in [3.63, 3.8) is 0 Å². The van der Waals surface area contributed by atoms with Crippen LogP contribution < -0.4 is 5.32 Å². The van der Waals surface area contributed by atoms with Gasteiger partial charge in [-0.3, -0.25) is 9.59 Å². The lowest BCUT2D eigenvalue weighted by Crippen LogP contribution is -2.41. The van der Waals surface area contributed by atoms with Crippen LogP contribution >= 0.6 is 22.9 Å². The number of nitrogens with one attached hydrogen (secondary N) is 1. The summed E-state index contributed by atoms with van der Waals surface area (Å²) in [6.07, 6.45) is 1.11. The minimum atomic E-state index is -0.436. The first-order valence-corrected chi connectivity index (χ1v) is 10.6. The van der Waals surface area contributed by atoms with E-state index in [1.54, 1.807) is 43.0 Å². The summed E-state index contributed by atoms with van der Waals surface area (Å²) < 4.78 is 4.99. The number of carbonyl (C=O) groups is 3. The summed E-state index contributed by atoms with van der Waals surface area (Å²) in [7, 11) is 0. The molecular formula is C20H22ClN3O4S. The summed E-state index contributed by atoms with van der Waals surface area (Å²) in [5.41, 5.74) is 1.01. The number of anilines is 1. The molecule has 154 valence electrons. The molecule has 0 saturated carbocycles. The van der Waals surface area contributed by atoms with E-state index in [-0.39, 0.29) is 24.3 Å². The second kappa shape index (κ2) is 9.37. The van der Waals surface area contributed by atoms with Crippen LogP contribution in [0.15, 0.2) is 24.3 Å². The number of benzene rings is 1. The summed E-state index contributed by atoms with van der Waals surface area (Å²) in [5, 5.41) is 3.60. The Morgan fingerprint density at radius 2 is 1.97 bits per heavy atom. The number of likely N-dealkylation sites (tertiary alicyclic amines) is 1. The molecule has 0 unspecified atom stereocenters. The van der Waals surface area contributed by atoms with Gasteiger partial charge < -0.3 is 15.0 Å². The summed E-state index contributed by atoms with van der Waals surface area (Å²) in [6, 6.07) is 6.95. The third kappa shape index (κ3) is 4.94. The number of nitrogens with zero attached hydrogens (tertiary/aromatic N) is 2. The van der Waals surface area contributed by atoms with E-state index >= 15 is 0 Å². The van der Waals surface area contributed by atoms with Gasteiger partial charge in [0.25, 0.3) is 5.91 Å². The number of piperidine rings is 1. The molecule has 1 aromatic carbocycles. The Balaban J connectivity index is 1.57. The maximum atomic E-state index is 12.6. The minimum Gasteiger partial charge on any atom is -0.462 e. The van der Waals surface area contributed by atoms with Crippen LogP contribution in [0.5, 0.6) is 0 Å². The van der Waals surface area contributed by atoms with Crippen molar-refractivity contribution < 1.29 is 19.1 Å². The molecular weight excluding hydrogens is 414 g/mol. The van der Waals surface area contributed by atoms with Crippen LogP contribution in [0.2, 0.25) is 5.02 Å². The molecule has 9 heteroatoms. The molecule has 29 heavy (non-hydrogen) atoms. The maximum Gasteiger partial charge on any atom is 0.350 e. The molecule has 1 aromatic heterocycles. The highest BCUT2D eigenvalue weighted by Gasteiger charge is 2.29. The molecule has 0 atom stereocenters. The van der Waals surface area contributed by atoms with Gasteiger partial charge >= 0.3 is 5.97 Å². The number of hydrogen-bond donors (Lipinski definition) is 1. The Morgan fingerprint density at radius 1 is 1.28 bits per heavy atom. The largest absolute Gasteiger partial charge is 0.462 e. The van der Waals surface area contributed by atoms with Crippen molar-refractivity contribution in [1.82, 2.24) is 9.88 Å². The van der Waals surface area contributed by atoms with Crippen LogP contribution in [-0.2, 0) is 9.53 Å². The predicted octanol–water partition coefficient (Wildman–Crippen LogP) is 3.77. The van der Waals surface area contributed by atoms with E-state index < -0.39 is 5.97 Å². The molecule has 2 amide bonds. The predicted molar refractivity (Wildman–Crippen MR) is 112 cm³/mol. The van der Waals surface area contributed by atoms with Crippen molar-refractivity contribution in [3.05, 3.63) is 45.4 Å². The van der Waals surface area contributed by atoms with Crippen LogP contribution in [-0.4, -0.2) is 47.4 Å². The van der Waals surface area contributed by atoms with E-state index in [4.69, 9.17) is 16.3 Å². The fraction of sp³-hybridized carbons (Fsp3) is 0.400. The van der Waals surface area contributed by atoms with Crippen molar-refractivity contribution in [2.24, 2.45) is 5.92 Å². The summed E-state index contributed by atoms with van der Waals surface area (Å²) in [4.78, 5) is 43.5. The standard InChI is InChI=1S/C20H22ClN3O4S/c1-3-28-19(27)16-12(2)22-20(29-16)23-17(25)13-8-10-24(11-9-13)18(26)14-6-4-5-7-15(14)21/h4-7,13H,3,8-11H2,1-2H3,(H,22,23,25). The third-order valence-corrected chi connectivity index (χ3v) is 6.13. The highest BCUT2D eigenvalue weighted by molar-refractivity contribution is 7.17. The molecule has 0 radical (unpaired) electrons. The van der Waals surface area contributed by atoms with Crippen molar-refractivity contribution >= 4 is 45.9 Å². The lowest BCUT2D eigenvalue weighted by Gasteiger charge is -2.31. The Bertz CT molecular complexity index is 922. The summed E-state index contributed by atoms with van der Waals surface area (Å²) >= 11 is 7.22. The van der Waals surface area contributed by atoms with Crippen molar-refractivity contribution in [1.29, 1.82) is 0 Å². The fourth-order valence-electron chi connectivity index (χ4n) is 3.19. The van der Waals surface area contributed by atoms with Crippen LogP contribution in [0.4, 0.5) is 5.13 Å².